The van der Waals surface area contributed by atoms with Crippen molar-refractivity contribution in [2.45, 2.75) is 6.54 Å². The van der Waals surface area contributed by atoms with Gasteiger partial charge in [0.2, 0.25) is 0 Å². The molecular weight excluding hydrogens is 355 g/mol. The Hall–Kier alpha value is -1.66. The minimum Gasteiger partial charge on any atom is -0.497 e. The third kappa shape index (κ3) is 4.68. The zero-order valence-corrected chi connectivity index (χ0v) is 13.7. The number of ether oxygens (including phenoxy) is 1. The number of methoxy groups -OCH3 is 1. The second-order valence-electron chi connectivity index (χ2n) is 4.28. The van der Waals surface area contributed by atoms with Crippen LogP contribution in [0.3, 0.4) is 0 Å². The molecule has 0 amide bonds. The van der Waals surface area contributed by atoms with Gasteiger partial charge in [0.25, 0.3) is 0 Å². The van der Waals surface area contributed by atoms with Gasteiger partial charge in [-0.25, -0.2) is 4.39 Å². The van der Waals surface area contributed by atoms with Gasteiger partial charge in [-0.05, 0) is 48.1 Å². The van der Waals surface area contributed by atoms with Gasteiger partial charge in [-0.15, -0.1) is 0 Å². The van der Waals surface area contributed by atoms with E-state index in [9.17, 15) is 4.39 Å². The number of thiocarbonyl (C=S) groups is 1. The molecule has 0 bridgehead atoms. The Morgan fingerprint density at radius 3 is 2.81 bits per heavy atom. The van der Waals surface area contributed by atoms with Crippen molar-refractivity contribution < 1.29 is 9.13 Å². The van der Waals surface area contributed by atoms with Crippen LogP contribution in [0.5, 0.6) is 5.75 Å². The van der Waals surface area contributed by atoms with Crippen LogP contribution in [0.15, 0.2) is 46.9 Å². The van der Waals surface area contributed by atoms with E-state index in [1.807, 2.05) is 24.3 Å². The molecule has 110 valence electrons. The highest BCUT2D eigenvalue weighted by Crippen LogP contribution is 2.19. The number of benzene rings is 2. The zero-order valence-electron chi connectivity index (χ0n) is 11.3. The summed E-state index contributed by atoms with van der Waals surface area (Å²) in [6, 6.07) is 12.4. The predicted molar refractivity (Wildman–Crippen MR) is 90.2 cm³/mol. The molecule has 3 nitrogen and oxygen atoms in total. The molecule has 0 unspecified atom stereocenters. The number of hydrogen-bond donors (Lipinski definition) is 2. The molecule has 2 rings (SSSR count). The minimum atomic E-state index is -0.366. The van der Waals surface area contributed by atoms with Gasteiger partial charge in [-0.2, -0.15) is 0 Å². The first-order chi connectivity index (χ1) is 10.1. The van der Waals surface area contributed by atoms with Crippen molar-refractivity contribution in [3.05, 3.63) is 58.3 Å². The Kier molecular flexibility index (Phi) is 5.52. The molecule has 0 aliphatic heterocycles. The SMILES string of the molecule is COc1cccc(CNC(=S)Nc2ccc(Br)cc2F)c1. The van der Waals surface area contributed by atoms with E-state index in [-0.39, 0.29) is 5.82 Å². The van der Waals surface area contributed by atoms with Crippen molar-refractivity contribution in [1.82, 2.24) is 5.32 Å². The average molecular weight is 369 g/mol. The molecule has 2 aromatic rings. The molecule has 0 atom stereocenters. The Balaban J connectivity index is 1.92. The lowest BCUT2D eigenvalue weighted by Gasteiger charge is -2.12. The van der Waals surface area contributed by atoms with Crippen molar-refractivity contribution in [1.29, 1.82) is 0 Å². The van der Waals surface area contributed by atoms with E-state index in [1.165, 1.54) is 6.07 Å². The van der Waals surface area contributed by atoms with Gasteiger partial charge in [-0.3, -0.25) is 0 Å². The first kappa shape index (κ1) is 15.7. The molecular formula is C15H14BrFN2OS. The lowest BCUT2D eigenvalue weighted by atomic mass is 10.2. The normalized spacial score (nSPS) is 10.0. The van der Waals surface area contributed by atoms with Crippen LogP contribution in [-0.2, 0) is 6.54 Å². The van der Waals surface area contributed by atoms with Crippen molar-refractivity contribution in [2.75, 3.05) is 12.4 Å². The van der Waals surface area contributed by atoms with Crippen LogP contribution in [0.25, 0.3) is 0 Å². The van der Waals surface area contributed by atoms with Crippen LogP contribution in [0, 0.1) is 5.82 Å². The maximum atomic E-state index is 13.7. The molecule has 0 heterocycles. The van der Waals surface area contributed by atoms with Crippen LogP contribution in [0.1, 0.15) is 5.56 Å². The van der Waals surface area contributed by atoms with Gasteiger partial charge >= 0.3 is 0 Å². The van der Waals surface area contributed by atoms with Gasteiger partial charge in [0, 0.05) is 11.0 Å². The number of hydrogen-bond acceptors (Lipinski definition) is 2. The molecule has 0 saturated heterocycles. The number of anilines is 1. The molecule has 2 aromatic carbocycles. The standard InChI is InChI=1S/C15H14BrFN2OS/c1-20-12-4-2-3-10(7-12)9-18-15(21)19-14-6-5-11(16)8-13(14)17/h2-8H,9H2,1H3,(H2,18,19,21). The summed E-state index contributed by atoms with van der Waals surface area (Å²) in [5, 5.41) is 6.22. The Morgan fingerprint density at radius 1 is 1.29 bits per heavy atom. The second kappa shape index (κ2) is 7.38. The largest absolute Gasteiger partial charge is 0.497 e. The van der Waals surface area contributed by atoms with Crippen molar-refractivity contribution in [2.24, 2.45) is 0 Å². The highest BCUT2D eigenvalue weighted by atomic mass is 79.9. The third-order valence-electron chi connectivity index (χ3n) is 2.77. The quantitative estimate of drug-likeness (QED) is 0.796. The third-order valence-corrected chi connectivity index (χ3v) is 3.51. The Bertz CT molecular complexity index is 651. The minimum absolute atomic E-state index is 0.335. The second-order valence-corrected chi connectivity index (χ2v) is 5.61. The summed E-state index contributed by atoms with van der Waals surface area (Å²) in [4.78, 5) is 0. The highest BCUT2D eigenvalue weighted by molar-refractivity contribution is 9.10. The van der Waals surface area contributed by atoms with E-state index in [0.717, 1.165) is 11.3 Å². The summed E-state index contributed by atoms with van der Waals surface area (Å²) in [6.45, 7) is 0.529. The summed E-state index contributed by atoms with van der Waals surface area (Å²) in [6.07, 6.45) is 0. The number of halogens is 2. The van der Waals surface area contributed by atoms with Crippen LogP contribution in [0.2, 0.25) is 0 Å². The van der Waals surface area contributed by atoms with Crippen molar-refractivity contribution in [3.63, 3.8) is 0 Å². The number of nitrogens with one attached hydrogen (secondary N) is 2. The van der Waals surface area contributed by atoms with Crippen LogP contribution < -0.4 is 15.4 Å². The molecule has 0 aliphatic carbocycles. The van der Waals surface area contributed by atoms with E-state index < -0.39 is 0 Å². The topological polar surface area (TPSA) is 33.3 Å². The number of rotatable bonds is 4. The van der Waals surface area contributed by atoms with Gasteiger partial charge in [-0.1, -0.05) is 28.1 Å². The van der Waals surface area contributed by atoms with Gasteiger partial charge in [0.15, 0.2) is 5.11 Å². The van der Waals surface area contributed by atoms with Gasteiger partial charge in [0.05, 0.1) is 12.8 Å². The molecule has 0 radical (unpaired) electrons. The molecule has 6 heteroatoms. The Labute approximate surface area is 136 Å². The first-order valence-corrected chi connectivity index (χ1v) is 7.41. The van der Waals surface area contributed by atoms with Gasteiger partial charge < -0.3 is 15.4 Å². The zero-order chi connectivity index (χ0) is 15.2. The van der Waals surface area contributed by atoms with E-state index >= 15 is 0 Å². The maximum absolute atomic E-state index is 13.7. The van der Waals surface area contributed by atoms with Crippen LogP contribution >= 0.6 is 28.1 Å². The maximum Gasteiger partial charge on any atom is 0.171 e. The van der Waals surface area contributed by atoms with E-state index in [2.05, 4.69) is 26.6 Å². The van der Waals surface area contributed by atoms with Crippen molar-refractivity contribution in [3.8, 4) is 5.75 Å². The lowest BCUT2D eigenvalue weighted by Crippen LogP contribution is -2.28. The smallest absolute Gasteiger partial charge is 0.171 e. The summed E-state index contributed by atoms with van der Waals surface area (Å²) in [5.74, 6) is 0.419. The monoisotopic (exact) mass is 368 g/mol. The van der Waals surface area contributed by atoms with Gasteiger partial charge in [0.1, 0.15) is 11.6 Å². The molecule has 0 aliphatic rings. The predicted octanol–water partition coefficient (Wildman–Crippen LogP) is 4.08. The fourth-order valence-electron chi connectivity index (χ4n) is 1.72. The lowest BCUT2D eigenvalue weighted by molar-refractivity contribution is 0.414. The molecule has 0 aromatic heterocycles. The molecule has 21 heavy (non-hydrogen) atoms. The Morgan fingerprint density at radius 2 is 2.10 bits per heavy atom. The fraction of sp³-hybridized carbons (Fsp3) is 0.133. The summed E-state index contributed by atoms with van der Waals surface area (Å²) < 4.78 is 19.5. The first-order valence-electron chi connectivity index (χ1n) is 6.21. The molecule has 2 N–H and O–H groups in total. The molecule has 0 fully saturated rings. The van der Waals surface area contributed by atoms with E-state index in [0.29, 0.717) is 21.8 Å². The van der Waals surface area contributed by atoms with E-state index in [1.54, 1.807) is 19.2 Å². The summed E-state index contributed by atoms with van der Waals surface area (Å²) in [7, 11) is 1.62. The van der Waals surface area contributed by atoms with Crippen LogP contribution in [0.4, 0.5) is 10.1 Å². The van der Waals surface area contributed by atoms with Crippen LogP contribution in [-0.4, -0.2) is 12.2 Å². The summed E-state index contributed by atoms with van der Waals surface area (Å²) >= 11 is 8.37. The molecule has 0 saturated carbocycles. The highest BCUT2D eigenvalue weighted by Gasteiger charge is 2.05. The van der Waals surface area contributed by atoms with Crippen molar-refractivity contribution >= 4 is 38.9 Å². The fourth-order valence-corrected chi connectivity index (χ4v) is 2.24. The van der Waals surface area contributed by atoms with E-state index in [4.69, 9.17) is 17.0 Å². The summed E-state index contributed by atoms with van der Waals surface area (Å²) in [5.41, 5.74) is 1.36. The average Bonchev–Trinajstić information content (AvgIpc) is 2.48. The molecule has 0 spiro atoms.